The number of benzene rings is 1. The van der Waals surface area contributed by atoms with Crippen LogP contribution in [0.5, 0.6) is 5.75 Å². The van der Waals surface area contributed by atoms with E-state index in [9.17, 15) is 14.0 Å². The van der Waals surface area contributed by atoms with Crippen LogP contribution in [0.25, 0.3) is 0 Å². The maximum Gasteiger partial charge on any atom is 0.225 e. The summed E-state index contributed by atoms with van der Waals surface area (Å²) in [4.78, 5) is 25.5. The molecule has 1 aromatic carbocycles. The molecule has 1 aromatic rings. The third-order valence-electron chi connectivity index (χ3n) is 3.62. The second-order valence-corrected chi connectivity index (χ2v) is 5.64. The van der Waals surface area contributed by atoms with Gasteiger partial charge in [0.15, 0.2) is 0 Å². The van der Waals surface area contributed by atoms with E-state index in [0.29, 0.717) is 18.8 Å². The van der Waals surface area contributed by atoms with Gasteiger partial charge in [0, 0.05) is 25.1 Å². The molecule has 0 aliphatic carbocycles. The van der Waals surface area contributed by atoms with Gasteiger partial charge in [0.2, 0.25) is 11.8 Å². The second kappa shape index (κ2) is 7.24. The smallest absolute Gasteiger partial charge is 0.225 e. The molecule has 0 aromatic heterocycles. The highest BCUT2D eigenvalue weighted by Crippen LogP contribution is 2.20. The van der Waals surface area contributed by atoms with E-state index in [1.807, 2.05) is 13.8 Å². The Bertz CT molecular complexity index is 548. The van der Waals surface area contributed by atoms with Crippen molar-refractivity contribution in [1.82, 2.24) is 10.2 Å². The Labute approximate surface area is 129 Å². The van der Waals surface area contributed by atoms with Gasteiger partial charge in [-0.05, 0) is 26.0 Å². The van der Waals surface area contributed by atoms with Crippen molar-refractivity contribution < 1.29 is 18.7 Å². The minimum absolute atomic E-state index is 0.0196. The molecule has 1 aliphatic rings. The first kappa shape index (κ1) is 16.3. The van der Waals surface area contributed by atoms with Gasteiger partial charge in [-0.3, -0.25) is 9.59 Å². The van der Waals surface area contributed by atoms with Gasteiger partial charge in [0.05, 0.1) is 12.5 Å². The summed E-state index contributed by atoms with van der Waals surface area (Å²) >= 11 is 0. The molecule has 0 saturated carbocycles. The van der Waals surface area contributed by atoms with Crippen LogP contribution in [-0.2, 0) is 9.59 Å². The molecule has 1 fully saturated rings. The number of carbonyl (C=O) groups excluding carboxylic acids is 2. The highest BCUT2D eigenvalue weighted by molar-refractivity contribution is 5.89. The molecule has 6 heteroatoms. The lowest BCUT2D eigenvalue weighted by Gasteiger charge is -2.20. The van der Waals surface area contributed by atoms with E-state index in [1.165, 1.54) is 12.1 Å². The molecule has 2 rings (SSSR count). The Morgan fingerprint density at radius 2 is 2.27 bits per heavy atom. The molecule has 1 heterocycles. The lowest BCUT2D eigenvalue weighted by molar-refractivity contribution is -0.129. The highest BCUT2D eigenvalue weighted by atomic mass is 19.1. The number of ether oxygens (including phenoxy) is 1. The number of hydrogen-bond acceptors (Lipinski definition) is 3. The molecule has 0 unspecified atom stereocenters. The summed E-state index contributed by atoms with van der Waals surface area (Å²) in [6, 6.07) is 5.96. The lowest BCUT2D eigenvalue weighted by Crippen LogP contribution is -2.36. The molecule has 1 saturated heterocycles. The molecular weight excluding hydrogens is 287 g/mol. The van der Waals surface area contributed by atoms with E-state index in [0.717, 1.165) is 0 Å². The molecule has 2 amide bonds. The third kappa shape index (κ3) is 4.19. The highest BCUT2D eigenvalue weighted by Gasteiger charge is 2.35. The van der Waals surface area contributed by atoms with Gasteiger partial charge in [-0.25, -0.2) is 4.39 Å². The van der Waals surface area contributed by atoms with Crippen molar-refractivity contribution in [1.29, 1.82) is 0 Å². The zero-order valence-electron chi connectivity index (χ0n) is 12.8. The fourth-order valence-electron chi connectivity index (χ4n) is 2.45. The lowest BCUT2D eigenvalue weighted by atomic mass is 10.1. The van der Waals surface area contributed by atoms with Crippen LogP contribution in [0.1, 0.15) is 20.3 Å². The number of likely N-dealkylation sites (tertiary alicyclic amines) is 1. The van der Waals surface area contributed by atoms with Crippen LogP contribution in [0.15, 0.2) is 24.3 Å². The summed E-state index contributed by atoms with van der Waals surface area (Å²) in [6.07, 6.45) is 0.259. The quantitative estimate of drug-likeness (QED) is 0.812. The van der Waals surface area contributed by atoms with Crippen LogP contribution < -0.4 is 10.1 Å². The minimum atomic E-state index is -0.361. The van der Waals surface area contributed by atoms with E-state index in [2.05, 4.69) is 5.32 Å². The monoisotopic (exact) mass is 308 g/mol. The predicted molar refractivity (Wildman–Crippen MR) is 79.9 cm³/mol. The molecule has 1 atom stereocenters. The Morgan fingerprint density at radius 1 is 1.50 bits per heavy atom. The molecule has 22 heavy (non-hydrogen) atoms. The summed E-state index contributed by atoms with van der Waals surface area (Å²) in [5.74, 6) is -0.356. The normalized spacial score (nSPS) is 17.9. The summed E-state index contributed by atoms with van der Waals surface area (Å²) in [6.45, 7) is 4.91. The van der Waals surface area contributed by atoms with E-state index < -0.39 is 0 Å². The van der Waals surface area contributed by atoms with Crippen molar-refractivity contribution in [2.45, 2.75) is 26.3 Å². The Morgan fingerprint density at radius 3 is 2.91 bits per heavy atom. The molecular formula is C16H21FN2O3. The first-order chi connectivity index (χ1) is 10.5. The standard InChI is InChI=1S/C16H21FN2O3/c1-11(2)19-10-12(8-15(19)20)16(21)18-6-7-22-14-5-3-4-13(17)9-14/h3-5,9,11-12H,6-8,10H2,1-2H3,(H,18,21)/t12-/m0/s1. The number of nitrogens with zero attached hydrogens (tertiary/aromatic N) is 1. The van der Waals surface area contributed by atoms with Gasteiger partial charge in [-0.15, -0.1) is 0 Å². The maximum atomic E-state index is 13.0. The topological polar surface area (TPSA) is 58.6 Å². The van der Waals surface area contributed by atoms with E-state index in [1.54, 1.807) is 17.0 Å². The molecule has 120 valence electrons. The van der Waals surface area contributed by atoms with Gasteiger partial charge in [0.1, 0.15) is 18.2 Å². The fourth-order valence-corrected chi connectivity index (χ4v) is 2.45. The summed E-state index contributed by atoms with van der Waals surface area (Å²) in [5, 5.41) is 2.75. The second-order valence-electron chi connectivity index (χ2n) is 5.64. The van der Waals surface area contributed by atoms with E-state index >= 15 is 0 Å². The largest absolute Gasteiger partial charge is 0.492 e. The molecule has 1 aliphatic heterocycles. The summed E-state index contributed by atoms with van der Waals surface area (Å²) < 4.78 is 18.3. The van der Waals surface area contributed by atoms with Crippen LogP contribution >= 0.6 is 0 Å². The fraction of sp³-hybridized carbons (Fsp3) is 0.500. The van der Waals surface area contributed by atoms with Crippen molar-refractivity contribution in [3.63, 3.8) is 0 Å². The number of halogens is 1. The van der Waals surface area contributed by atoms with Crippen LogP contribution in [-0.4, -0.2) is 42.5 Å². The Hall–Kier alpha value is -2.11. The number of hydrogen-bond donors (Lipinski definition) is 1. The van der Waals surface area contributed by atoms with Gasteiger partial charge >= 0.3 is 0 Å². The SMILES string of the molecule is CC(C)N1C[C@@H](C(=O)NCCOc2cccc(F)c2)CC1=O. The molecule has 0 radical (unpaired) electrons. The van der Waals surface area contributed by atoms with Gasteiger partial charge in [-0.1, -0.05) is 6.07 Å². The number of amides is 2. The molecule has 5 nitrogen and oxygen atoms in total. The number of nitrogens with one attached hydrogen (secondary N) is 1. The first-order valence-electron chi connectivity index (χ1n) is 7.43. The number of rotatable bonds is 6. The van der Waals surface area contributed by atoms with Crippen molar-refractivity contribution in [3.8, 4) is 5.75 Å². The van der Waals surface area contributed by atoms with E-state index in [4.69, 9.17) is 4.74 Å². The maximum absolute atomic E-state index is 13.0. The van der Waals surface area contributed by atoms with Crippen molar-refractivity contribution >= 4 is 11.8 Å². The Balaban J connectivity index is 1.71. The van der Waals surface area contributed by atoms with Crippen LogP contribution in [0.2, 0.25) is 0 Å². The van der Waals surface area contributed by atoms with Crippen molar-refractivity contribution in [2.24, 2.45) is 5.92 Å². The van der Waals surface area contributed by atoms with Crippen LogP contribution in [0.3, 0.4) is 0 Å². The molecule has 0 bridgehead atoms. The third-order valence-corrected chi connectivity index (χ3v) is 3.62. The Kier molecular flexibility index (Phi) is 5.35. The van der Waals surface area contributed by atoms with Crippen molar-refractivity contribution in [3.05, 3.63) is 30.1 Å². The molecule has 1 N–H and O–H groups in total. The van der Waals surface area contributed by atoms with Gasteiger partial charge < -0.3 is 15.0 Å². The van der Waals surface area contributed by atoms with Crippen molar-refractivity contribution in [2.75, 3.05) is 19.7 Å². The predicted octanol–water partition coefficient (Wildman–Crippen LogP) is 1.58. The first-order valence-corrected chi connectivity index (χ1v) is 7.43. The van der Waals surface area contributed by atoms with Gasteiger partial charge in [0.25, 0.3) is 0 Å². The van der Waals surface area contributed by atoms with E-state index in [-0.39, 0.29) is 42.6 Å². The van der Waals surface area contributed by atoms with Crippen LogP contribution in [0.4, 0.5) is 4.39 Å². The number of carbonyl (C=O) groups is 2. The summed E-state index contributed by atoms with van der Waals surface area (Å²) in [5.41, 5.74) is 0. The minimum Gasteiger partial charge on any atom is -0.492 e. The average Bonchev–Trinajstić information content (AvgIpc) is 2.86. The molecule has 0 spiro atoms. The summed E-state index contributed by atoms with van der Waals surface area (Å²) in [7, 11) is 0. The van der Waals surface area contributed by atoms with Gasteiger partial charge in [-0.2, -0.15) is 0 Å². The van der Waals surface area contributed by atoms with Crippen LogP contribution in [0, 0.1) is 11.7 Å². The zero-order chi connectivity index (χ0) is 16.1. The zero-order valence-corrected chi connectivity index (χ0v) is 12.8. The average molecular weight is 308 g/mol.